The van der Waals surface area contributed by atoms with Gasteiger partial charge in [-0.05, 0) is 57.5 Å². The van der Waals surface area contributed by atoms with Gasteiger partial charge in [-0.3, -0.25) is 0 Å². The van der Waals surface area contributed by atoms with Crippen molar-refractivity contribution >= 4 is 22.9 Å². The number of nitrogens with one attached hydrogen (secondary N) is 1. The van der Waals surface area contributed by atoms with Crippen molar-refractivity contribution < 1.29 is 0 Å². The molecule has 1 aromatic heterocycles. The summed E-state index contributed by atoms with van der Waals surface area (Å²) in [5.74, 6) is 0. The van der Waals surface area contributed by atoms with Crippen LogP contribution >= 0.6 is 22.9 Å². The molecule has 2 heterocycles. The molecule has 102 valence electrons. The SMILES string of the molecule is CC(NCC1(C)CCN(C)CC1)c1ccc(Cl)s1. The monoisotopic (exact) mass is 286 g/mol. The highest BCUT2D eigenvalue weighted by atomic mass is 35.5. The Bertz CT molecular complexity index is 383. The Balaban J connectivity index is 1.84. The number of hydrogen-bond donors (Lipinski definition) is 1. The molecule has 2 rings (SSSR count). The smallest absolute Gasteiger partial charge is 0.0931 e. The molecule has 18 heavy (non-hydrogen) atoms. The maximum atomic E-state index is 5.98. The lowest BCUT2D eigenvalue weighted by molar-refractivity contribution is 0.134. The zero-order valence-electron chi connectivity index (χ0n) is 11.5. The molecule has 0 radical (unpaired) electrons. The van der Waals surface area contributed by atoms with Crippen molar-refractivity contribution in [2.75, 3.05) is 26.7 Å². The Labute approximate surface area is 119 Å². The van der Waals surface area contributed by atoms with E-state index in [4.69, 9.17) is 11.6 Å². The highest BCUT2D eigenvalue weighted by Gasteiger charge is 2.29. The first-order chi connectivity index (χ1) is 8.48. The van der Waals surface area contributed by atoms with Gasteiger partial charge in [0, 0.05) is 17.5 Å². The minimum Gasteiger partial charge on any atom is -0.309 e. The van der Waals surface area contributed by atoms with E-state index >= 15 is 0 Å². The van der Waals surface area contributed by atoms with Crippen molar-refractivity contribution in [3.05, 3.63) is 21.3 Å². The Kier molecular flexibility index (Phi) is 4.70. The fraction of sp³-hybridized carbons (Fsp3) is 0.714. The quantitative estimate of drug-likeness (QED) is 0.906. The van der Waals surface area contributed by atoms with Crippen molar-refractivity contribution in [2.45, 2.75) is 32.7 Å². The zero-order valence-corrected chi connectivity index (χ0v) is 13.1. The van der Waals surface area contributed by atoms with E-state index in [-0.39, 0.29) is 0 Å². The van der Waals surface area contributed by atoms with E-state index in [1.54, 1.807) is 11.3 Å². The molecule has 1 aliphatic heterocycles. The van der Waals surface area contributed by atoms with E-state index in [0.717, 1.165) is 10.9 Å². The maximum Gasteiger partial charge on any atom is 0.0931 e. The number of piperidine rings is 1. The Hall–Kier alpha value is -0.0900. The molecule has 1 unspecified atom stereocenters. The summed E-state index contributed by atoms with van der Waals surface area (Å²) in [5, 5.41) is 3.67. The van der Waals surface area contributed by atoms with Gasteiger partial charge in [-0.1, -0.05) is 18.5 Å². The van der Waals surface area contributed by atoms with Gasteiger partial charge in [-0.2, -0.15) is 0 Å². The van der Waals surface area contributed by atoms with Gasteiger partial charge < -0.3 is 10.2 Å². The molecular formula is C14H23ClN2S. The fourth-order valence-electron chi connectivity index (χ4n) is 2.40. The Morgan fingerprint density at radius 1 is 1.44 bits per heavy atom. The highest BCUT2D eigenvalue weighted by molar-refractivity contribution is 7.16. The summed E-state index contributed by atoms with van der Waals surface area (Å²) in [4.78, 5) is 3.75. The molecule has 1 aromatic rings. The fourth-order valence-corrected chi connectivity index (χ4v) is 3.48. The Morgan fingerprint density at radius 3 is 2.67 bits per heavy atom. The summed E-state index contributed by atoms with van der Waals surface area (Å²) in [6.45, 7) is 8.16. The van der Waals surface area contributed by atoms with Crippen LogP contribution in [0.15, 0.2) is 12.1 Å². The highest BCUT2D eigenvalue weighted by Crippen LogP contribution is 2.31. The second kappa shape index (κ2) is 5.91. The van der Waals surface area contributed by atoms with Gasteiger partial charge in [0.1, 0.15) is 0 Å². The van der Waals surface area contributed by atoms with Crippen molar-refractivity contribution in [1.29, 1.82) is 0 Å². The second-order valence-corrected chi connectivity index (χ2v) is 7.61. The van der Waals surface area contributed by atoms with E-state index < -0.39 is 0 Å². The number of hydrogen-bond acceptors (Lipinski definition) is 3. The van der Waals surface area contributed by atoms with Gasteiger partial charge in [0.2, 0.25) is 0 Å². The van der Waals surface area contributed by atoms with E-state index in [9.17, 15) is 0 Å². The average molecular weight is 287 g/mol. The lowest BCUT2D eigenvalue weighted by Crippen LogP contribution is -2.42. The van der Waals surface area contributed by atoms with Crippen molar-refractivity contribution in [2.24, 2.45) is 5.41 Å². The predicted molar refractivity (Wildman–Crippen MR) is 80.6 cm³/mol. The summed E-state index contributed by atoms with van der Waals surface area (Å²) in [5.41, 5.74) is 0.446. The number of halogens is 1. The first-order valence-electron chi connectivity index (χ1n) is 6.66. The van der Waals surface area contributed by atoms with E-state index in [1.165, 1.54) is 30.8 Å². The standard InChI is InChI=1S/C14H23ClN2S/c1-11(12-4-5-13(15)18-12)16-10-14(2)6-8-17(3)9-7-14/h4-5,11,16H,6-10H2,1-3H3. The van der Waals surface area contributed by atoms with Crippen LogP contribution < -0.4 is 5.32 Å². The second-order valence-electron chi connectivity index (χ2n) is 5.86. The third-order valence-electron chi connectivity index (χ3n) is 4.05. The maximum absolute atomic E-state index is 5.98. The number of thiophene rings is 1. The summed E-state index contributed by atoms with van der Waals surface area (Å²) in [6, 6.07) is 4.51. The third-order valence-corrected chi connectivity index (χ3v) is 5.46. The molecule has 0 saturated carbocycles. The van der Waals surface area contributed by atoms with Crippen LogP contribution in [0.25, 0.3) is 0 Å². The molecular weight excluding hydrogens is 264 g/mol. The van der Waals surface area contributed by atoms with Crippen LogP contribution in [0, 0.1) is 5.41 Å². The molecule has 0 bridgehead atoms. The summed E-state index contributed by atoms with van der Waals surface area (Å²) >= 11 is 7.66. The van der Waals surface area contributed by atoms with Gasteiger partial charge in [-0.15, -0.1) is 11.3 Å². The average Bonchev–Trinajstić information content (AvgIpc) is 2.77. The number of likely N-dealkylation sites (tertiary alicyclic amines) is 1. The third kappa shape index (κ3) is 3.70. The van der Waals surface area contributed by atoms with E-state index in [1.807, 2.05) is 6.07 Å². The normalized spacial score (nSPS) is 22.0. The number of nitrogens with zero attached hydrogens (tertiary/aromatic N) is 1. The molecule has 1 fully saturated rings. The zero-order chi connectivity index (χ0) is 13.2. The molecule has 0 aromatic carbocycles. The van der Waals surface area contributed by atoms with Gasteiger partial charge in [0.05, 0.1) is 4.34 Å². The lowest BCUT2D eigenvalue weighted by Gasteiger charge is -2.38. The van der Waals surface area contributed by atoms with Gasteiger partial charge in [-0.25, -0.2) is 0 Å². The van der Waals surface area contributed by atoms with Crippen LogP contribution in [0.5, 0.6) is 0 Å². The first-order valence-corrected chi connectivity index (χ1v) is 7.85. The Morgan fingerprint density at radius 2 is 2.11 bits per heavy atom. The van der Waals surface area contributed by atoms with Gasteiger partial charge in [0.25, 0.3) is 0 Å². The number of rotatable bonds is 4. The molecule has 0 spiro atoms. The molecule has 1 atom stereocenters. The summed E-state index contributed by atoms with van der Waals surface area (Å²) < 4.78 is 0.879. The lowest BCUT2D eigenvalue weighted by atomic mass is 9.80. The van der Waals surface area contributed by atoms with Crippen molar-refractivity contribution in [3.8, 4) is 0 Å². The first kappa shape index (κ1) is 14.3. The van der Waals surface area contributed by atoms with Crippen LogP contribution in [-0.2, 0) is 0 Å². The molecule has 0 amide bonds. The van der Waals surface area contributed by atoms with Crippen LogP contribution in [0.2, 0.25) is 4.34 Å². The minimum atomic E-state index is 0.402. The van der Waals surface area contributed by atoms with E-state index in [0.29, 0.717) is 11.5 Å². The van der Waals surface area contributed by atoms with Crippen molar-refractivity contribution in [1.82, 2.24) is 10.2 Å². The topological polar surface area (TPSA) is 15.3 Å². The molecule has 1 saturated heterocycles. The largest absolute Gasteiger partial charge is 0.309 e. The van der Waals surface area contributed by atoms with E-state index in [2.05, 4.69) is 37.2 Å². The van der Waals surface area contributed by atoms with Crippen LogP contribution in [0.1, 0.15) is 37.6 Å². The summed E-state index contributed by atoms with van der Waals surface area (Å²) in [7, 11) is 2.21. The molecule has 0 aliphatic carbocycles. The van der Waals surface area contributed by atoms with Crippen LogP contribution in [0.4, 0.5) is 0 Å². The van der Waals surface area contributed by atoms with Crippen LogP contribution in [-0.4, -0.2) is 31.6 Å². The molecule has 1 aliphatic rings. The molecule has 4 heteroatoms. The molecule has 2 nitrogen and oxygen atoms in total. The van der Waals surface area contributed by atoms with Crippen molar-refractivity contribution in [3.63, 3.8) is 0 Å². The summed E-state index contributed by atoms with van der Waals surface area (Å²) in [6.07, 6.45) is 2.57. The molecule has 1 N–H and O–H groups in total. The van der Waals surface area contributed by atoms with Gasteiger partial charge in [0.15, 0.2) is 0 Å². The predicted octanol–water partition coefficient (Wildman–Crippen LogP) is 3.78. The van der Waals surface area contributed by atoms with Gasteiger partial charge >= 0.3 is 0 Å². The van der Waals surface area contributed by atoms with Crippen LogP contribution in [0.3, 0.4) is 0 Å². The minimum absolute atomic E-state index is 0.402.